The van der Waals surface area contributed by atoms with E-state index < -0.39 is 23.4 Å². The Balaban J connectivity index is 2.78. The van der Waals surface area contributed by atoms with Crippen LogP contribution in [0, 0.1) is 0 Å². The molecular weight excluding hydrogens is 202 g/mol. The number of rotatable bonds is 3. The summed E-state index contributed by atoms with van der Waals surface area (Å²) in [5.41, 5.74) is 0. The van der Waals surface area contributed by atoms with Crippen LogP contribution in [-0.4, -0.2) is 43.9 Å². The standard InChI is InChI=1S/C9H13NO5/c1-5-4-6(11)8(14)9(15)10(5)3-2-7(12)13/h4-5,11,14-15H,2-3H2,1H3,(H,12,13). The molecule has 15 heavy (non-hydrogen) atoms. The largest absolute Gasteiger partial charge is 0.504 e. The number of aliphatic carboxylic acids is 1. The zero-order chi connectivity index (χ0) is 11.6. The maximum atomic E-state index is 10.3. The van der Waals surface area contributed by atoms with Crippen LogP contribution in [0.15, 0.2) is 23.5 Å². The molecule has 0 radical (unpaired) electrons. The van der Waals surface area contributed by atoms with Crippen molar-refractivity contribution in [1.82, 2.24) is 4.90 Å². The second-order valence-electron chi connectivity index (χ2n) is 3.30. The number of carboxylic acid groups (broad SMARTS) is 1. The van der Waals surface area contributed by atoms with Gasteiger partial charge < -0.3 is 25.3 Å². The quantitative estimate of drug-likeness (QED) is 0.557. The van der Waals surface area contributed by atoms with Gasteiger partial charge in [-0.05, 0) is 13.0 Å². The molecule has 1 aliphatic rings. The predicted octanol–water partition coefficient (Wildman–Crippen LogP) is 0.892. The van der Waals surface area contributed by atoms with Crippen molar-refractivity contribution in [3.8, 4) is 0 Å². The highest BCUT2D eigenvalue weighted by atomic mass is 16.4. The summed E-state index contributed by atoms with van der Waals surface area (Å²) in [7, 11) is 0. The molecule has 0 aromatic carbocycles. The fourth-order valence-electron chi connectivity index (χ4n) is 1.37. The van der Waals surface area contributed by atoms with Crippen LogP contribution < -0.4 is 0 Å². The van der Waals surface area contributed by atoms with E-state index in [0.717, 1.165) is 0 Å². The van der Waals surface area contributed by atoms with E-state index in [2.05, 4.69) is 0 Å². The molecule has 6 nitrogen and oxygen atoms in total. The average Bonchev–Trinajstić information content (AvgIpc) is 2.14. The summed E-state index contributed by atoms with van der Waals surface area (Å²) < 4.78 is 0. The third kappa shape index (κ3) is 2.34. The van der Waals surface area contributed by atoms with Crippen molar-refractivity contribution in [3.63, 3.8) is 0 Å². The smallest absolute Gasteiger partial charge is 0.305 e. The zero-order valence-corrected chi connectivity index (χ0v) is 8.21. The molecule has 0 aliphatic carbocycles. The van der Waals surface area contributed by atoms with E-state index in [1.807, 2.05) is 0 Å². The fraction of sp³-hybridized carbons (Fsp3) is 0.444. The lowest BCUT2D eigenvalue weighted by molar-refractivity contribution is -0.137. The first-order chi connectivity index (χ1) is 6.93. The predicted molar refractivity (Wildman–Crippen MR) is 51.4 cm³/mol. The molecule has 0 aromatic rings. The molecule has 0 saturated heterocycles. The second kappa shape index (κ2) is 4.12. The summed E-state index contributed by atoms with van der Waals surface area (Å²) in [6.45, 7) is 1.73. The van der Waals surface area contributed by atoms with Gasteiger partial charge in [0.2, 0.25) is 11.6 Å². The van der Waals surface area contributed by atoms with Crippen LogP contribution in [0.3, 0.4) is 0 Å². The molecule has 0 spiro atoms. The van der Waals surface area contributed by atoms with Gasteiger partial charge >= 0.3 is 5.97 Å². The normalized spacial score (nSPS) is 21.5. The van der Waals surface area contributed by atoms with Crippen LogP contribution in [0.5, 0.6) is 0 Å². The lowest BCUT2D eigenvalue weighted by Gasteiger charge is -2.31. The van der Waals surface area contributed by atoms with Crippen LogP contribution in [0.4, 0.5) is 0 Å². The van der Waals surface area contributed by atoms with E-state index in [9.17, 15) is 15.0 Å². The van der Waals surface area contributed by atoms with Gasteiger partial charge in [-0.15, -0.1) is 0 Å². The number of carboxylic acids is 1. The first kappa shape index (κ1) is 11.2. The number of hydrogen-bond donors (Lipinski definition) is 4. The highest BCUT2D eigenvalue weighted by Crippen LogP contribution is 2.22. The Kier molecular flexibility index (Phi) is 3.08. The lowest BCUT2D eigenvalue weighted by atomic mass is 10.1. The summed E-state index contributed by atoms with van der Waals surface area (Å²) in [4.78, 5) is 11.6. The van der Waals surface area contributed by atoms with Crippen molar-refractivity contribution < 1.29 is 25.2 Å². The van der Waals surface area contributed by atoms with Crippen LogP contribution in [0.1, 0.15) is 13.3 Å². The Bertz CT molecular complexity index is 333. The third-order valence-electron chi connectivity index (χ3n) is 2.18. The summed E-state index contributed by atoms with van der Waals surface area (Å²) >= 11 is 0. The lowest BCUT2D eigenvalue weighted by Crippen LogP contribution is -2.36. The molecule has 0 bridgehead atoms. The Morgan fingerprint density at radius 1 is 1.47 bits per heavy atom. The van der Waals surface area contributed by atoms with Gasteiger partial charge in [0.1, 0.15) is 0 Å². The Labute approximate surface area is 86.4 Å². The molecule has 84 valence electrons. The molecule has 0 fully saturated rings. The Morgan fingerprint density at radius 3 is 2.60 bits per heavy atom. The molecule has 6 heteroatoms. The fourth-order valence-corrected chi connectivity index (χ4v) is 1.37. The SMILES string of the molecule is CC1C=C(O)C(O)=C(O)N1CCC(=O)O. The summed E-state index contributed by atoms with van der Waals surface area (Å²) in [6, 6.07) is -0.361. The maximum absolute atomic E-state index is 10.3. The molecule has 0 aromatic heterocycles. The molecule has 0 amide bonds. The molecule has 1 heterocycles. The number of nitrogens with zero attached hydrogens (tertiary/aromatic N) is 1. The minimum Gasteiger partial charge on any atom is -0.504 e. The van der Waals surface area contributed by atoms with Gasteiger partial charge in [-0.3, -0.25) is 4.79 Å². The van der Waals surface area contributed by atoms with Gasteiger partial charge in [0.25, 0.3) is 0 Å². The molecule has 1 atom stereocenters. The highest BCUT2D eigenvalue weighted by molar-refractivity contribution is 5.66. The number of aliphatic hydroxyl groups excluding tert-OH is 3. The van der Waals surface area contributed by atoms with Crippen molar-refractivity contribution in [2.75, 3.05) is 6.54 Å². The average molecular weight is 215 g/mol. The van der Waals surface area contributed by atoms with Crippen molar-refractivity contribution in [1.29, 1.82) is 0 Å². The van der Waals surface area contributed by atoms with Crippen molar-refractivity contribution >= 4 is 5.97 Å². The monoisotopic (exact) mass is 215 g/mol. The van der Waals surface area contributed by atoms with Gasteiger partial charge in [-0.1, -0.05) is 0 Å². The van der Waals surface area contributed by atoms with Crippen LogP contribution in [0.2, 0.25) is 0 Å². The van der Waals surface area contributed by atoms with Crippen LogP contribution in [-0.2, 0) is 4.79 Å². The van der Waals surface area contributed by atoms with Crippen molar-refractivity contribution in [2.24, 2.45) is 0 Å². The number of hydrogen-bond acceptors (Lipinski definition) is 5. The minimum atomic E-state index is -0.992. The second-order valence-corrected chi connectivity index (χ2v) is 3.30. The van der Waals surface area contributed by atoms with Gasteiger partial charge in [0, 0.05) is 6.54 Å². The van der Waals surface area contributed by atoms with E-state index in [1.165, 1.54) is 11.0 Å². The summed E-state index contributed by atoms with van der Waals surface area (Å²) in [6.07, 6.45) is 1.17. The number of carbonyl (C=O) groups is 1. The van der Waals surface area contributed by atoms with E-state index in [1.54, 1.807) is 6.92 Å². The molecule has 1 unspecified atom stereocenters. The van der Waals surface area contributed by atoms with Crippen molar-refractivity contribution in [3.05, 3.63) is 23.5 Å². The van der Waals surface area contributed by atoms with E-state index in [-0.39, 0.29) is 19.0 Å². The van der Waals surface area contributed by atoms with Crippen LogP contribution in [0.25, 0.3) is 0 Å². The van der Waals surface area contributed by atoms with E-state index in [4.69, 9.17) is 10.2 Å². The van der Waals surface area contributed by atoms with Gasteiger partial charge in [-0.25, -0.2) is 0 Å². The summed E-state index contributed by atoms with van der Waals surface area (Å²) in [5.74, 6) is -2.51. The number of aliphatic hydroxyl groups is 3. The minimum absolute atomic E-state index is 0.0656. The maximum Gasteiger partial charge on any atom is 0.305 e. The molecule has 1 rings (SSSR count). The van der Waals surface area contributed by atoms with E-state index >= 15 is 0 Å². The summed E-state index contributed by atoms with van der Waals surface area (Å²) in [5, 5.41) is 36.3. The Morgan fingerprint density at radius 2 is 2.07 bits per heavy atom. The first-order valence-corrected chi connectivity index (χ1v) is 4.45. The highest BCUT2D eigenvalue weighted by Gasteiger charge is 2.26. The van der Waals surface area contributed by atoms with Crippen LogP contribution >= 0.6 is 0 Å². The Hall–Kier alpha value is -1.85. The molecule has 0 saturated carbocycles. The van der Waals surface area contributed by atoms with Gasteiger partial charge in [0.15, 0.2) is 5.76 Å². The first-order valence-electron chi connectivity index (χ1n) is 4.45. The zero-order valence-electron chi connectivity index (χ0n) is 8.21. The third-order valence-corrected chi connectivity index (χ3v) is 2.18. The van der Waals surface area contributed by atoms with Gasteiger partial charge in [0.05, 0.1) is 12.5 Å². The molecular formula is C9H13NO5. The van der Waals surface area contributed by atoms with Gasteiger partial charge in [-0.2, -0.15) is 0 Å². The topological polar surface area (TPSA) is 101 Å². The van der Waals surface area contributed by atoms with E-state index in [0.29, 0.717) is 0 Å². The molecule has 1 aliphatic heterocycles. The van der Waals surface area contributed by atoms with Crippen molar-refractivity contribution in [2.45, 2.75) is 19.4 Å². The molecule has 4 N–H and O–H groups in total.